The number of amides is 5. The van der Waals surface area contributed by atoms with Crippen molar-refractivity contribution in [3.05, 3.63) is 0 Å². The highest BCUT2D eigenvalue weighted by Crippen LogP contribution is 2.03. The Morgan fingerprint density at radius 2 is 1.37 bits per heavy atom. The number of nitrogens with two attached hydrogens (primary N) is 2. The number of aliphatic hydroxyl groups is 1. The number of carboxylic acid groups (broad SMARTS) is 2. The number of aliphatic carboxylic acids is 2. The molecule has 0 fully saturated rings. The molecule has 0 rings (SSSR count). The van der Waals surface area contributed by atoms with Gasteiger partial charge in [-0.05, 0) is 19.3 Å². The second-order valence-electron chi connectivity index (χ2n) is 7.85. The molecule has 0 radical (unpaired) electrons. The fourth-order valence-electron chi connectivity index (χ4n) is 2.76. The predicted molar refractivity (Wildman–Crippen MR) is 129 cm³/mol. The van der Waals surface area contributed by atoms with Crippen molar-refractivity contribution in [2.75, 3.05) is 26.2 Å². The molecule has 0 aromatic heterocycles. The summed E-state index contributed by atoms with van der Waals surface area (Å²) in [6.45, 7) is -0.637. The molecule has 0 spiro atoms. The Bertz CT molecular complexity index is 906. The highest BCUT2D eigenvalue weighted by Gasteiger charge is 2.28. The van der Waals surface area contributed by atoms with Crippen LogP contribution >= 0.6 is 0 Å². The van der Waals surface area contributed by atoms with Gasteiger partial charge in [-0.1, -0.05) is 0 Å². The SMILES string of the molecule is CC(=O)NCC(=O)N[C@@H](CCCCN=C(N)N)C(=O)NCC(=O)N[C@@H](CC(=O)O)C(=O)N[C@@H](CO)C(=O)O. The Morgan fingerprint density at radius 1 is 0.789 bits per heavy atom. The molecular weight excluding hydrogens is 512 g/mol. The van der Waals surface area contributed by atoms with E-state index in [0.29, 0.717) is 12.8 Å². The quantitative estimate of drug-likeness (QED) is 0.0438. The zero-order valence-corrected chi connectivity index (χ0v) is 20.7. The summed E-state index contributed by atoms with van der Waals surface area (Å²) in [4.78, 5) is 86.0. The number of hydrogen-bond donors (Lipinski definition) is 10. The fraction of sp³-hybridized carbons (Fsp3) is 0.600. The Morgan fingerprint density at radius 3 is 1.87 bits per heavy atom. The van der Waals surface area contributed by atoms with Crippen LogP contribution in [0.3, 0.4) is 0 Å². The van der Waals surface area contributed by atoms with Gasteiger partial charge in [0.15, 0.2) is 5.96 Å². The molecule has 18 nitrogen and oxygen atoms in total. The second kappa shape index (κ2) is 17.9. The molecule has 12 N–H and O–H groups in total. The number of aliphatic imine (C=N–C) groups is 1. The minimum absolute atomic E-state index is 0.112. The summed E-state index contributed by atoms with van der Waals surface area (Å²) in [6, 6.07) is -4.57. The van der Waals surface area contributed by atoms with Crippen LogP contribution in [0, 0.1) is 0 Å². The number of carboxylic acids is 2. The molecule has 0 saturated heterocycles. The average Bonchev–Trinajstić information content (AvgIpc) is 2.82. The van der Waals surface area contributed by atoms with Gasteiger partial charge in [-0.25, -0.2) is 4.79 Å². The van der Waals surface area contributed by atoms with E-state index in [-0.39, 0.29) is 18.9 Å². The molecule has 0 heterocycles. The van der Waals surface area contributed by atoms with Crippen LogP contribution in [0.25, 0.3) is 0 Å². The van der Waals surface area contributed by atoms with Gasteiger partial charge >= 0.3 is 11.9 Å². The maximum Gasteiger partial charge on any atom is 0.328 e. The maximum atomic E-state index is 12.6. The first-order chi connectivity index (χ1) is 17.8. The minimum atomic E-state index is -1.73. The molecule has 0 unspecified atom stereocenters. The Kier molecular flexibility index (Phi) is 15.8. The highest BCUT2D eigenvalue weighted by atomic mass is 16.4. The molecule has 0 aliphatic rings. The van der Waals surface area contributed by atoms with E-state index in [4.69, 9.17) is 26.8 Å². The van der Waals surface area contributed by atoms with Crippen molar-refractivity contribution in [1.82, 2.24) is 26.6 Å². The largest absolute Gasteiger partial charge is 0.481 e. The molecule has 0 aliphatic heterocycles. The lowest BCUT2D eigenvalue weighted by atomic mass is 10.1. The van der Waals surface area contributed by atoms with E-state index in [1.165, 1.54) is 6.92 Å². The lowest BCUT2D eigenvalue weighted by Gasteiger charge is -2.21. The molecule has 3 atom stereocenters. The van der Waals surface area contributed by atoms with Gasteiger partial charge in [0.05, 0.1) is 26.1 Å². The lowest BCUT2D eigenvalue weighted by molar-refractivity contribution is -0.144. The van der Waals surface area contributed by atoms with Crippen LogP contribution in [0.5, 0.6) is 0 Å². The maximum absolute atomic E-state index is 12.6. The summed E-state index contributed by atoms with van der Waals surface area (Å²) in [7, 11) is 0. The van der Waals surface area contributed by atoms with E-state index in [1.54, 1.807) is 0 Å². The van der Waals surface area contributed by atoms with Crippen LogP contribution in [0.4, 0.5) is 0 Å². The first kappa shape index (κ1) is 33.5. The van der Waals surface area contributed by atoms with Crippen LogP contribution in [0.1, 0.15) is 32.6 Å². The topological polar surface area (TPSA) is 305 Å². The number of carbonyl (C=O) groups excluding carboxylic acids is 5. The average molecular weight is 547 g/mol. The Hall–Kier alpha value is -4.48. The first-order valence-corrected chi connectivity index (χ1v) is 11.3. The van der Waals surface area contributed by atoms with Crippen molar-refractivity contribution in [3.63, 3.8) is 0 Å². The number of unbranched alkanes of at least 4 members (excludes halogenated alkanes) is 1. The predicted octanol–water partition coefficient (Wildman–Crippen LogP) is -5.31. The zero-order chi connectivity index (χ0) is 29.3. The summed E-state index contributed by atoms with van der Waals surface area (Å²) in [5.74, 6) is -7.30. The monoisotopic (exact) mass is 546 g/mol. The third-order valence-electron chi connectivity index (χ3n) is 4.60. The summed E-state index contributed by atoms with van der Waals surface area (Å²) < 4.78 is 0. The minimum Gasteiger partial charge on any atom is -0.481 e. The van der Waals surface area contributed by atoms with E-state index in [1.807, 2.05) is 5.32 Å². The first-order valence-electron chi connectivity index (χ1n) is 11.3. The van der Waals surface area contributed by atoms with Gasteiger partial charge in [0.2, 0.25) is 29.5 Å². The molecule has 0 aromatic carbocycles. The van der Waals surface area contributed by atoms with Crippen molar-refractivity contribution >= 4 is 47.4 Å². The summed E-state index contributed by atoms with van der Waals surface area (Å²) in [5, 5.41) is 37.8. The standard InChI is InChI=1S/C20H34N8O10/c1-10(30)24-7-14(31)26-11(4-2-3-5-23-20(21)22)17(35)25-8-15(32)27-12(6-16(33)34)18(36)28-13(9-29)19(37)38/h11-13,29H,2-9H2,1H3,(H,24,30)(H,25,35)(H,26,31)(H,27,32)(H,28,36)(H,33,34)(H,37,38)(H4,21,22,23)/t11-,12-,13-/m0/s1. The number of guanidine groups is 1. The van der Waals surface area contributed by atoms with Crippen LogP contribution in [-0.4, -0.2) is 107 Å². The van der Waals surface area contributed by atoms with Crippen LogP contribution in [0.2, 0.25) is 0 Å². The van der Waals surface area contributed by atoms with E-state index in [9.17, 15) is 33.6 Å². The number of aliphatic hydroxyl groups excluding tert-OH is 1. The van der Waals surface area contributed by atoms with Gasteiger partial charge in [0, 0.05) is 13.5 Å². The zero-order valence-electron chi connectivity index (χ0n) is 20.7. The molecule has 38 heavy (non-hydrogen) atoms. The summed E-state index contributed by atoms with van der Waals surface area (Å²) >= 11 is 0. The van der Waals surface area contributed by atoms with Crippen LogP contribution in [0.15, 0.2) is 4.99 Å². The Balaban J connectivity index is 5.16. The van der Waals surface area contributed by atoms with E-state index in [0.717, 1.165) is 0 Å². The number of nitrogens with zero attached hydrogens (tertiary/aromatic N) is 1. The van der Waals surface area contributed by atoms with Gasteiger partial charge in [-0.3, -0.25) is 33.8 Å². The molecule has 0 aromatic rings. The number of nitrogens with one attached hydrogen (secondary N) is 5. The molecular formula is C20H34N8O10. The van der Waals surface area contributed by atoms with Gasteiger partial charge in [-0.2, -0.15) is 0 Å². The van der Waals surface area contributed by atoms with Crippen molar-refractivity contribution in [2.45, 2.75) is 50.7 Å². The van der Waals surface area contributed by atoms with Gasteiger partial charge < -0.3 is 53.4 Å². The van der Waals surface area contributed by atoms with Crippen LogP contribution in [-0.2, 0) is 33.6 Å². The second-order valence-corrected chi connectivity index (χ2v) is 7.85. The smallest absolute Gasteiger partial charge is 0.328 e. The number of carbonyl (C=O) groups is 7. The van der Waals surface area contributed by atoms with Crippen molar-refractivity contribution in [2.24, 2.45) is 16.5 Å². The normalized spacial score (nSPS) is 12.6. The van der Waals surface area contributed by atoms with Gasteiger partial charge in [-0.15, -0.1) is 0 Å². The number of hydrogen-bond acceptors (Lipinski definition) is 9. The summed E-state index contributed by atoms with van der Waals surface area (Å²) in [6.07, 6.45) is 0.0424. The number of rotatable bonds is 18. The van der Waals surface area contributed by atoms with Gasteiger partial charge in [0.25, 0.3) is 0 Å². The molecule has 5 amide bonds. The van der Waals surface area contributed by atoms with Crippen molar-refractivity contribution < 1.29 is 48.9 Å². The van der Waals surface area contributed by atoms with E-state index < -0.39 is 85.7 Å². The highest BCUT2D eigenvalue weighted by molar-refractivity contribution is 5.95. The molecule has 0 saturated carbocycles. The molecule has 0 bridgehead atoms. The van der Waals surface area contributed by atoms with E-state index in [2.05, 4.69) is 26.3 Å². The van der Waals surface area contributed by atoms with Crippen molar-refractivity contribution in [3.8, 4) is 0 Å². The molecule has 0 aliphatic carbocycles. The Labute approximate surface area is 217 Å². The van der Waals surface area contributed by atoms with E-state index >= 15 is 0 Å². The molecule has 214 valence electrons. The fourth-order valence-corrected chi connectivity index (χ4v) is 2.76. The lowest BCUT2D eigenvalue weighted by Crippen LogP contribution is -2.55. The third-order valence-corrected chi connectivity index (χ3v) is 4.60. The third kappa shape index (κ3) is 15.5. The summed E-state index contributed by atoms with van der Waals surface area (Å²) in [5.41, 5.74) is 10.5. The van der Waals surface area contributed by atoms with Crippen LogP contribution < -0.4 is 38.1 Å². The van der Waals surface area contributed by atoms with Crippen molar-refractivity contribution in [1.29, 1.82) is 0 Å². The molecule has 18 heteroatoms. The van der Waals surface area contributed by atoms with Gasteiger partial charge in [0.1, 0.15) is 18.1 Å².